The van der Waals surface area contributed by atoms with Gasteiger partial charge in [0.2, 0.25) is 0 Å². The van der Waals surface area contributed by atoms with E-state index >= 15 is 0 Å². The summed E-state index contributed by atoms with van der Waals surface area (Å²) in [5.41, 5.74) is 5.65. The number of rotatable bonds is 6. The summed E-state index contributed by atoms with van der Waals surface area (Å²) in [6.45, 7) is 8.71. The molecule has 2 rings (SSSR count). The first kappa shape index (κ1) is 20.5. The molecule has 0 unspecified atom stereocenters. The zero-order chi connectivity index (χ0) is 14.8. The van der Waals surface area contributed by atoms with Crippen LogP contribution in [0.4, 0.5) is 0 Å². The van der Waals surface area contributed by atoms with E-state index in [0.717, 1.165) is 12.8 Å². The van der Waals surface area contributed by atoms with E-state index in [1.807, 2.05) is 0 Å². The van der Waals surface area contributed by atoms with Gasteiger partial charge in [0.1, 0.15) is 0 Å². The van der Waals surface area contributed by atoms with Crippen molar-refractivity contribution < 1.29 is 18.6 Å². The van der Waals surface area contributed by atoms with Crippen LogP contribution >= 0.6 is 0 Å². The van der Waals surface area contributed by atoms with Gasteiger partial charge in [0.05, 0.1) is 0 Å². The molecule has 0 saturated carbocycles. The van der Waals surface area contributed by atoms with Gasteiger partial charge in [0.25, 0.3) is 0 Å². The van der Waals surface area contributed by atoms with Crippen LogP contribution in [-0.4, -0.2) is 0 Å². The van der Waals surface area contributed by atoms with Gasteiger partial charge in [-0.15, -0.1) is 0 Å². The Morgan fingerprint density at radius 1 is 0.810 bits per heavy atom. The van der Waals surface area contributed by atoms with Gasteiger partial charge in [0, 0.05) is 0 Å². The zero-order valence-corrected chi connectivity index (χ0v) is 15.7. The van der Waals surface area contributed by atoms with Gasteiger partial charge in [-0.1, -0.05) is 79.1 Å². The maximum atomic E-state index is 3.37. The molecule has 1 radical (unpaired) electrons. The van der Waals surface area contributed by atoms with Crippen molar-refractivity contribution in [3.63, 3.8) is 0 Å². The Bertz CT molecular complexity index is 368. The largest absolute Gasteiger partial charge is 2.00 e. The molecule has 1 heteroatoms. The van der Waals surface area contributed by atoms with Gasteiger partial charge in [-0.25, -0.2) is 35.5 Å². The van der Waals surface area contributed by atoms with Crippen LogP contribution in [0.5, 0.6) is 0 Å². The normalized spacial score (nSPS) is 16.2. The fourth-order valence-electron chi connectivity index (χ4n) is 2.42. The molecule has 0 bridgehead atoms. The SMILES string of the molecule is CCCCC1=[C-]C(C)=CC1.CCCCC1=[C-]C(C)=CC1.[V+2]. The summed E-state index contributed by atoms with van der Waals surface area (Å²) >= 11 is 0. The van der Waals surface area contributed by atoms with E-state index in [4.69, 9.17) is 0 Å². The van der Waals surface area contributed by atoms with Gasteiger partial charge in [-0.05, 0) is 0 Å². The van der Waals surface area contributed by atoms with E-state index in [-0.39, 0.29) is 18.6 Å². The Labute approximate surface area is 144 Å². The van der Waals surface area contributed by atoms with Gasteiger partial charge >= 0.3 is 18.6 Å². The molecule has 2 aliphatic carbocycles. The summed E-state index contributed by atoms with van der Waals surface area (Å²) in [5, 5.41) is 0. The van der Waals surface area contributed by atoms with Crippen LogP contribution in [-0.2, 0) is 18.6 Å². The van der Waals surface area contributed by atoms with Gasteiger partial charge < -0.3 is 0 Å². The average Bonchev–Trinajstić information content (AvgIpc) is 3.03. The average molecular weight is 321 g/mol. The van der Waals surface area contributed by atoms with E-state index in [0.29, 0.717) is 0 Å². The first-order valence-corrected chi connectivity index (χ1v) is 8.22. The maximum absolute atomic E-state index is 3.37. The minimum atomic E-state index is 0. The first-order chi connectivity index (χ1) is 9.65. The molecule has 0 aromatic rings. The Morgan fingerprint density at radius 2 is 1.19 bits per heavy atom. The first-order valence-electron chi connectivity index (χ1n) is 8.22. The second-order valence-electron chi connectivity index (χ2n) is 5.85. The smallest absolute Gasteiger partial charge is 0.250 e. The van der Waals surface area contributed by atoms with Crippen molar-refractivity contribution in [3.05, 3.63) is 46.6 Å². The van der Waals surface area contributed by atoms with Crippen LogP contribution in [0.1, 0.15) is 79.1 Å². The van der Waals surface area contributed by atoms with Crippen molar-refractivity contribution in [3.8, 4) is 0 Å². The molecule has 2 aliphatic rings. The van der Waals surface area contributed by atoms with Crippen molar-refractivity contribution in [2.24, 2.45) is 0 Å². The minimum absolute atomic E-state index is 0. The third kappa shape index (κ3) is 9.22. The Kier molecular flexibility index (Phi) is 11.9. The van der Waals surface area contributed by atoms with Crippen LogP contribution in [0.15, 0.2) is 34.4 Å². The zero-order valence-electron chi connectivity index (χ0n) is 14.3. The molecule has 0 saturated heterocycles. The Hall–Kier alpha value is -0.456. The molecule has 21 heavy (non-hydrogen) atoms. The summed E-state index contributed by atoms with van der Waals surface area (Å²) in [7, 11) is 0. The summed E-state index contributed by atoms with van der Waals surface area (Å²) in [6.07, 6.45) is 21.3. The molecule has 0 atom stereocenters. The summed E-state index contributed by atoms with van der Waals surface area (Å²) in [5.74, 6) is 0. The third-order valence-corrected chi connectivity index (χ3v) is 3.72. The monoisotopic (exact) mass is 321 g/mol. The third-order valence-electron chi connectivity index (χ3n) is 3.72. The van der Waals surface area contributed by atoms with Gasteiger partial charge in [-0.2, -0.15) is 11.1 Å². The summed E-state index contributed by atoms with van der Waals surface area (Å²) in [6, 6.07) is 0. The van der Waals surface area contributed by atoms with E-state index in [9.17, 15) is 0 Å². The number of hydrogen-bond donors (Lipinski definition) is 0. The van der Waals surface area contributed by atoms with Crippen LogP contribution in [0.2, 0.25) is 0 Å². The Morgan fingerprint density at radius 3 is 1.43 bits per heavy atom. The number of hydrogen-bond acceptors (Lipinski definition) is 0. The molecule has 0 aromatic heterocycles. The van der Waals surface area contributed by atoms with Crippen molar-refractivity contribution in [1.29, 1.82) is 0 Å². The summed E-state index contributed by atoms with van der Waals surface area (Å²) < 4.78 is 0. The molecule has 0 aromatic carbocycles. The molecular weight excluding hydrogens is 291 g/mol. The van der Waals surface area contributed by atoms with E-state index < -0.39 is 0 Å². The number of allylic oxidation sites excluding steroid dienone is 8. The second kappa shape index (κ2) is 12.1. The number of unbranched alkanes of at least 4 members (excludes halogenated alkanes) is 2. The molecular formula is C20H30V. The predicted molar refractivity (Wildman–Crippen MR) is 89.3 cm³/mol. The predicted octanol–water partition coefficient (Wildman–Crippen LogP) is 6.51. The van der Waals surface area contributed by atoms with Crippen molar-refractivity contribution in [2.75, 3.05) is 0 Å². The molecule has 0 fully saturated rings. The van der Waals surface area contributed by atoms with Crippen molar-refractivity contribution >= 4 is 0 Å². The van der Waals surface area contributed by atoms with Crippen molar-refractivity contribution in [1.82, 2.24) is 0 Å². The topological polar surface area (TPSA) is 0 Å². The van der Waals surface area contributed by atoms with Crippen molar-refractivity contribution in [2.45, 2.75) is 79.1 Å². The Balaban J connectivity index is 0.000000364. The molecule has 0 amide bonds. The van der Waals surface area contributed by atoms with Crippen LogP contribution in [0.3, 0.4) is 0 Å². The fourth-order valence-corrected chi connectivity index (χ4v) is 2.42. The quantitative estimate of drug-likeness (QED) is 0.489. The standard InChI is InChI=1S/2C10H15.V/c2*1-3-4-5-10-7-6-9(2)8-10;/h2*6H,3-5,7H2,1-2H3;/q2*-1;+2. The fraction of sp³-hybridized carbons (Fsp3) is 0.600. The molecule has 0 nitrogen and oxygen atoms in total. The van der Waals surface area contributed by atoms with Crippen LogP contribution in [0, 0.1) is 12.2 Å². The van der Waals surface area contributed by atoms with Gasteiger partial charge in [-0.3, -0.25) is 0 Å². The van der Waals surface area contributed by atoms with E-state index in [2.05, 4.69) is 52.0 Å². The van der Waals surface area contributed by atoms with Gasteiger partial charge in [0.15, 0.2) is 0 Å². The van der Waals surface area contributed by atoms with E-state index in [1.165, 1.54) is 60.8 Å². The summed E-state index contributed by atoms with van der Waals surface area (Å²) in [4.78, 5) is 0. The second-order valence-corrected chi connectivity index (χ2v) is 5.85. The van der Waals surface area contributed by atoms with E-state index in [1.54, 1.807) is 0 Å². The molecule has 0 spiro atoms. The van der Waals surface area contributed by atoms with Crippen LogP contribution in [0.25, 0.3) is 0 Å². The molecule has 0 heterocycles. The van der Waals surface area contributed by atoms with Crippen LogP contribution < -0.4 is 0 Å². The molecule has 0 aliphatic heterocycles. The minimum Gasteiger partial charge on any atom is -0.250 e. The maximum Gasteiger partial charge on any atom is 2.00 e. The molecule has 0 N–H and O–H groups in total. The molecule has 115 valence electrons.